The van der Waals surface area contributed by atoms with Crippen LogP contribution >= 0.6 is 34.8 Å². The quantitative estimate of drug-likeness (QED) is 0.478. The first-order chi connectivity index (χ1) is 15.7. The van der Waals surface area contributed by atoms with Gasteiger partial charge in [-0.05, 0) is 65.9 Å². The first-order valence-corrected chi connectivity index (χ1v) is 12.6. The van der Waals surface area contributed by atoms with Gasteiger partial charge in [-0.15, -0.1) is 0 Å². The third kappa shape index (κ3) is 5.52. The highest BCUT2D eigenvalue weighted by Crippen LogP contribution is 2.33. The molecular weight excluding hydrogens is 507 g/mol. The lowest BCUT2D eigenvalue weighted by Gasteiger charge is -2.10. The van der Waals surface area contributed by atoms with Gasteiger partial charge < -0.3 is 5.32 Å². The highest BCUT2D eigenvalue weighted by atomic mass is 35.5. The van der Waals surface area contributed by atoms with E-state index in [1.807, 2.05) is 27.7 Å². The summed E-state index contributed by atoms with van der Waals surface area (Å²) in [5.41, 5.74) is 4.01. The fraction of sp³-hybridized carbons (Fsp3) is 0.182. The summed E-state index contributed by atoms with van der Waals surface area (Å²) in [5, 5.41) is 8.57. The maximum absolute atomic E-state index is 12.3. The number of aromatic nitrogens is 2. The van der Waals surface area contributed by atoms with E-state index in [1.54, 1.807) is 12.1 Å². The molecule has 1 aliphatic rings. The number of sulfonamides is 1. The van der Waals surface area contributed by atoms with E-state index >= 15 is 0 Å². The number of benzene rings is 2. The minimum Gasteiger partial charge on any atom is -0.334 e. The predicted molar refractivity (Wildman–Crippen MR) is 129 cm³/mol. The molecule has 1 aliphatic carbocycles. The normalized spacial score (nSPS) is 14.3. The second-order valence-electron chi connectivity index (χ2n) is 7.41. The maximum Gasteiger partial charge on any atom is 0.328 e. The van der Waals surface area contributed by atoms with Crippen molar-refractivity contribution < 1.29 is 13.2 Å². The number of fused-ring (bicyclic) bond motifs is 1. The summed E-state index contributed by atoms with van der Waals surface area (Å²) in [6.45, 7) is 0.638. The fourth-order valence-electron chi connectivity index (χ4n) is 3.59. The Kier molecular flexibility index (Phi) is 6.99. The number of nitrogens with one attached hydrogen (secondary N) is 2. The van der Waals surface area contributed by atoms with Crippen LogP contribution in [0, 0.1) is 0 Å². The second kappa shape index (κ2) is 9.77. The third-order valence-corrected chi connectivity index (χ3v) is 7.37. The Labute approximate surface area is 206 Å². The topological polar surface area (TPSA) is 93.1 Å². The number of halogens is 3. The second-order valence-corrected chi connectivity index (χ2v) is 10.4. The molecule has 172 valence electrons. The van der Waals surface area contributed by atoms with Gasteiger partial charge in [-0.25, -0.2) is 17.9 Å². The van der Waals surface area contributed by atoms with Gasteiger partial charge >= 0.3 is 6.03 Å². The number of carbonyl (C=O) groups is 1. The van der Waals surface area contributed by atoms with Crippen molar-refractivity contribution in [2.45, 2.75) is 24.3 Å². The molecule has 7 nitrogen and oxygen atoms in total. The minimum atomic E-state index is -3.99. The molecule has 2 amide bonds. The van der Waals surface area contributed by atoms with Crippen LogP contribution in [0.5, 0.6) is 0 Å². The molecule has 0 bridgehead atoms. The Morgan fingerprint density at radius 2 is 1.79 bits per heavy atom. The number of amides is 2. The molecule has 4 rings (SSSR count). The summed E-state index contributed by atoms with van der Waals surface area (Å²) in [6, 6.07) is 10.1. The van der Waals surface area contributed by atoms with E-state index in [1.165, 1.54) is 24.3 Å². The van der Waals surface area contributed by atoms with Crippen molar-refractivity contribution in [1.29, 1.82) is 0 Å². The standard InChI is InChI=1S/C22H19Cl3N4O3S/c23-17-5-7-19(8-6-17)33(31,32)28-22(30)26-10-9-14-1-2-15-12-27-29(21(14)15)13-16-3-4-18(24)11-20(16)25/h3-9,11-12H,1-2,10,13H2,(H2,26,28,30). The van der Waals surface area contributed by atoms with Crippen LogP contribution in [0.2, 0.25) is 15.1 Å². The van der Waals surface area contributed by atoms with E-state index in [0.717, 1.165) is 35.2 Å². The summed E-state index contributed by atoms with van der Waals surface area (Å²) < 4.78 is 28.5. The molecule has 0 saturated carbocycles. The molecule has 11 heteroatoms. The van der Waals surface area contributed by atoms with Crippen molar-refractivity contribution in [2.24, 2.45) is 0 Å². The minimum absolute atomic E-state index is 0.0504. The van der Waals surface area contributed by atoms with E-state index in [-0.39, 0.29) is 11.4 Å². The molecule has 1 aromatic heterocycles. The number of aryl methyl sites for hydroxylation is 1. The van der Waals surface area contributed by atoms with Crippen LogP contribution in [0.3, 0.4) is 0 Å². The molecule has 2 N–H and O–H groups in total. The molecular formula is C22H19Cl3N4O3S. The number of carbonyl (C=O) groups excluding carboxylic acids is 1. The number of allylic oxidation sites excluding steroid dienone is 1. The molecule has 0 saturated heterocycles. The summed E-state index contributed by atoms with van der Waals surface area (Å²) in [7, 11) is -3.99. The summed E-state index contributed by atoms with van der Waals surface area (Å²) in [6.07, 6.45) is 5.33. The Balaban J connectivity index is 1.41. The highest BCUT2D eigenvalue weighted by Gasteiger charge is 2.22. The lowest BCUT2D eigenvalue weighted by atomic mass is 10.2. The van der Waals surface area contributed by atoms with Crippen LogP contribution in [0.1, 0.15) is 23.2 Å². The van der Waals surface area contributed by atoms with Crippen LogP contribution in [0.4, 0.5) is 4.79 Å². The predicted octanol–water partition coefficient (Wildman–Crippen LogP) is 4.91. The molecule has 2 aromatic carbocycles. The summed E-state index contributed by atoms with van der Waals surface area (Å²) >= 11 is 18.1. The van der Waals surface area contributed by atoms with E-state index < -0.39 is 16.1 Å². The molecule has 0 atom stereocenters. The van der Waals surface area contributed by atoms with Gasteiger partial charge in [0.15, 0.2) is 0 Å². The number of urea groups is 1. The summed E-state index contributed by atoms with van der Waals surface area (Å²) in [5.74, 6) is 0. The fourth-order valence-corrected chi connectivity index (χ4v) is 5.12. The lowest BCUT2D eigenvalue weighted by Crippen LogP contribution is -2.39. The van der Waals surface area contributed by atoms with Crippen molar-refractivity contribution in [3.05, 3.63) is 86.6 Å². The van der Waals surface area contributed by atoms with Gasteiger partial charge in [0.1, 0.15) is 0 Å². The van der Waals surface area contributed by atoms with E-state index in [9.17, 15) is 13.2 Å². The van der Waals surface area contributed by atoms with Crippen molar-refractivity contribution in [3.8, 4) is 0 Å². The number of hydrogen-bond acceptors (Lipinski definition) is 4. The lowest BCUT2D eigenvalue weighted by molar-refractivity contribution is 0.247. The Hall–Kier alpha value is -2.52. The molecule has 0 spiro atoms. The molecule has 0 aliphatic heterocycles. The zero-order valence-corrected chi connectivity index (χ0v) is 20.3. The van der Waals surface area contributed by atoms with Crippen molar-refractivity contribution >= 4 is 56.4 Å². The van der Waals surface area contributed by atoms with Crippen LogP contribution in [-0.4, -0.2) is 30.8 Å². The average Bonchev–Trinajstić information content (AvgIpc) is 3.33. The number of hydrogen-bond donors (Lipinski definition) is 2. The molecule has 0 fully saturated rings. The smallest absolute Gasteiger partial charge is 0.328 e. The largest absolute Gasteiger partial charge is 0.334 e. The molecule has 1 heterocycles. The molecule has 0 unspecified atom stereocenters. The van der Waals surface area contributed by atoms with Gasteiger partial charge in [0.25, 0.3) is 10.0 Å². The zero-order valence-electron chi connectivity index (χ0n) is 17.2. The third-order valence-electron chi connectivity index (χ3n) is 5.18. The number of nitrogens with zero attached hydrogens (tertiary/aromatic N) is 2. The van der Waals surface area contributed by atoms with Gasteiger partial charge in [-0.3, -0.25) is 4.68 Å². The van der Waals surface area contributed by atoms with Crippen molar-refractivity contribution in [3.63, 3.8) is 0 Å². The molecule has 33 heavy (non-hydrogen) atoms. The van der Waals surface area contributed by atoms with Gasteiger partial charge in [0.05, 0.1) is 23.3 Å². The Morgan fingerprint density at radius 1 is 1.06 bits per heavy atom. The zero-order chi connectivity index (χ0) is 23.6. The van der Waals surface area contributed by atoms with Gasteiger partial charge in [0.2, 0.25) is 0 Å². The van der Waals surface area contributed by atoms with E-state index in [4.69, 9.17) is 34.8 Å². The first-order valence-electron chi connectivity index (χ1n) is 9.97. The van der Waals surface area contributed by atoms with E-state index in [2.05, 4.69) is 10.4 Å². The Morgan fingerprint density at radius 3 is 2.52 bits per heavy atom. The maximum atomic E-state index is 12.3. The monoisotopic (exact) mass is 524 g/mol. The van der Waals surface area contributed by atoms with Crippen molar-refractivity contribution in [2.75, 3.05) is 6.54 Å². The van der Waals surface area contributed by atoms with Gasteiger partial charge in [-0.1, -0.05) is 46.9 Å². The summed E-state index contributed by atoms with van der Waals surface area (Å²) in [4.78, 5) is 12.1. The molecule has 3 aromatic rings. The van der Waals surface area contributed by atoms with Crippen LogP contribution in [0.25, 0.3) is 5.57 Å². The molecule has 0 radical (unpaired) electrons. The van der Waals surface area contributed by atoms with Crippen LogP contribution < -0.4 is 10.0 Å². The average molecular weight is 526 g/mol. The highest BCUT2D eigenvalue weighted by molar-refractivity contribution is 7.90. The van der Waals surface area contributed by atoms with Crippen molar-refractivity contribution in [1.82, 2.24) is 19.8 Å². The number of rotatable bonds is 6. The van der Waals surface area contributed by atoms with Gasteiger partial charge in [-0.2, -0.15) is 5.10 Å². The Bertz CT molecular complexity index is 1340. The van der Waals surface area contributed by atoms with Crippen LogP contribution in [-0.2, 0) is 23.0 Å². The van der Waals surface area contributed by atoms with Gasteiger partial charge in [0, 0.05) is 21.6 Å². The van der Waals surface area contributed by atoms with E-state index in [0.29, 0.717) is 21.6 Å². The SMILES string of the molecule is O=C(NCC=C1CCc2cnn(Cc3ccc(Cl)cc3Cl)c21)NS(=O)(=O)c1ccc(Cl)cc1. The first kappa shape index (κ1) is 23.6. The van der Waals surface area contributed by atoms with Crippen LogP contribution in [0.15, 0.2) is 59.6 Å².